The van der Waals surface area contributed by atoms with Crippen LogP contribution in [0.15, 0.2) is 60.8 Å². The fourth-order valence-corrected chi connectivity index (χ4v) is 2.26. The topological polar surface area (TPSA) is 48.3 Å². The molecule has 0 bridgehead atoms. The first-order valence-electron chi connectivity index (χ1n) is 7.07. The number of anilines is 1. The Balaban J connectivity index is 1.69. The van der Waals surface area contributed by atoms with Crippen LogP contribution in [-0.4, -0.2) is 16.9 Å². The van der Waals surface area contributed by atoms with E-state index in [2.05, 4.69) is 10.6 Å². The van der Waals surface area contributed by atoms with Crippen LogP contribution in [0.2, 0.25) is 5.02 Å². The van der Waals surface area contributed by atoms with Gasteiger partial charge in [-0.1, -0.05) is 29.8 Å². The van der Waals surface area contributed by atoms with E-state index in [0.29, 0.717) is 17.5 Å². The van der Waals surface area contributed by atoms with Crippen LogP contribution in [0, 0.1) is 0 Å². The Morgan fingerprint density at radius 1 is 1.09 bits per heavy atom. The fraction of sp³-hybridized carbons (Fsp3) is 0.118. The van der Waals surface area contributed by atoms with Crippen molar-refractivity contribution in [1.82, 2.24) is 9.78 Å². The second-order valence-corrected chi connectivity index (χ2v) is 5.26. The molecule has 6 heteroatoms. The molecule has 2 aromatic carbocycles. The Hall–Kier alpha value is -2.50. The third-order valence-electron chi connectivity index (χ3n) is 3.26. The molecule has 3 rings (SSSR count). The number of rotatable bonds is 6. The molecule has 0 radical (unpaired) electrons. The van der Waals surface area contributed by atoms with Crippen molar-refractivity contribution in [1.29, 1.82) is 0 Å². The van der Waals surface area contributed by atoms with Gasteiger partial charge >= 0.3 is 0 Å². The van der Waals surface area contributed by atoms with Crippen molar-refractivity contribution in [3.63, 3.8) is 0 Å². The number of aromatic nitrogens is 2. The molecule has 0 aliphatic heterocycles. The third-order valence-corrected chi connectivity index (χ3v) is 3.51. The molecule has 118 valence electrons. The highest BCUT2D eigenvalue weighted by molar-refractivity contribution is 6.30. The number of halogens is 1. The predicted octanol–water partition coefficient (Wildman–Crippen LogP) is 4.08. The second kappa shape index (κ2) is 7.17. The van der Waals surface area contributed by atoms with E-state index in [0.717, 1.165) is 16.9 Å². The van der Waals surface area contributed by atoms with Crippen LogP contribution in [0.5, 0.6) is 5.88 Å². The summed E-state index contributed by atoms with van der Waals surface area (Å²) in [5, 5.41) is 5.09. The van der Waals surface area contributed by atoms with Gasteiger partial charge in [-0.05, 0) is 30.3 Å². The van der Waals surface area contributed by atoms with E-state index in [1.807, 2.05) is 60.8 Å². The zero-order valence-electron chi connectivity index (χ0n) is 12.6. The van der Waals surface area contributed by atoms with Crippen molar-refractivity contribution in [3.8, 4) is 11.6 Å². The number of hydrogen-bond acceptors (Lipinski definition) is 4. The lowest BCUT2D eigenvalue weighted by atomic mass is 10.2. The van der Waals surface area contributed by atoms with Crippen molar-refractivity contribution < 1.29 is 9.57 Å². The van der Waals surface area contributed by atoms with E-state index in [4.69, 9.17) is 21.2 Å². The summed E-state index contributed by atoms with van der Waals surface area (Å²) in [4.78, 5) is 4.96. The highest BCUT2D eigenvalue weighted by Gasteiger charge is 2.05. The minimum absolute atomic E-state index is 0.393. The monoisotopic (exact) mass is 329 g/mol. The molecule has 3 aromatic rings. The highest BCUT2D eigenvalue weighted by atomic mass is 35.5. The van der Waals surface area contributed by atoms with E-state index in [1.54, 1.807) is 11.8 Å². The van der Waals surface area contributed by atoms with Crippen LogP contribution in [0.3, 0.4) is 0 Å². The quantitative estimate of drug-likeness (QED) is 0.692. The Bertz CT molecular complexity index is 772. The van der Waals surface area contributed by atoms with Gasteiger partial charge in [0.15, 0.2) is 0 Å². The highest BCUT2D eigenvalue weighted by Crippen LogP contribution is 2.19. The third kappa shape index (κ3) is 3.83. The maximum absolute atomic E-state index is 5.89. The lowest BCUT2D eigenvalue weighted by Crippen LogP contribution is -2.03. The minimum atomic E-state index is 0.393. The number of para-hydroxylation sites is 1. The van der Waals surface area contributed by atoms with Crippen LogP contribution in [-0.2, 0) is 11.4 Å². The van der Waals surface area contributed by atoms with Gasteiger partial charge < -0.3 is 4.74 Å². The zero-order valence-corrected chi connectivity index (χ0v) is 13.3. The van der Waals surface area contributed by atoms with Crippen molar-refractivity contribution in [2.45, 2.75) is 6.61 Å². The van der Waals surface area contributed by atoms with E-state index < -0.39 is 0 Å². The first-order valence-corrected chi connectivity index (χ1v) is 7.45. The van der Waals surface area contributed by atoms with Gasteiger partial charge in [-0.25, -0.2) is 4.68 Å². The van der Waals surface area contributed by atoms with Gasteiger partial charge in [-0.15, -0.1) is 5.10 Å². The summed E-state index contributed by atoms with van der Waals surface area (Å²) in [5.74, 6) is 0.548. The van der Waals surface area contributed by atoms with E-state index in [-0.39, 0.29) is 0 Å². The minimum Gasteiger partial charge on any atom is -0.472 e. The molecular weight excluding hydrogens is 314 g/mol. The largest absolute Gasteiger partial charge is 0.472 e. The van der Waals surface area contributed by atoms with Gasteiger partial charge in [0.05, 0.1) is 18.5 Å². The number of benzene rings is 2. The first-order chi connectivity index (χ1) is 11.3. The summed E-state index contributed by atoms with van der Waals surface area (Å²) in [6.07, 6.45) is 1.85. The van der Waals surface area contributed by atoms with Gasteiger partial charge in [0.1, 0.15) is 6.61 Å². The summed E-state index contributed by atoms with van der Waals surface area (Å²) < 4.78 is 7.49. The SMILES string of the molecule is CONc1ccccc1COc1ccn(-c2ccc(Cl)cc2)n1. The normalized spacial score (nSPS) is 10.5. The molecule has 23 heavy (non-hydrogen) atoms. The molecule has 0 aliphatic carbocycles. The number of hydrogen-bond donors (Lipinski definition) is 1. The lowest BCUT2D eigenvalue weighted by molar-refractivity contribution is 0.265. The molecule has 1 heterocycles. The first kappa shape index (κ1) is 15.4. The molecule has 0 spiro atoms. The maximum atomic E-state index is 5.89. The van der Waals surface area contributed by atoms with Gasteiger partial charge in [0.2, 0.25) is 5.88 Å². The number of nitrogens with zero attached hydrogens (tertiary/aromatic N) is 2. The fourth-order valence-electron chi connectivity index (χ4n) is 2.13. The Morgan fingerprint density at radius 2 is 1.87 bits per heavy atom. The summed E-state index contributed by atoms with van der Waals surface area (Å²) >= 11 is 5.89. The zero-order chi connectivity index (χ0) is 16.1. The Kier molecular flexibility index (Phi) is 4.80. The van der Waals surface area contributed by atoms with Gasteiger partial charge in [0, 0.05) is 22.8 Å². The molecule has 0 saturated heterocycles. The summed E-state index contributed by atoms with van der Waals surface area (Å²) in [5.41, 5.74) is 5.60. The molecule has 0 unspecified atom stereocenters. The molecule has 1 aromatic heterocycles. The molecule has 1 N–H and O–H groups in total. The van der Waals surface area contributed by atoms with E-state index in [1.165, 1.54) is 0 Å². The second-order valence-electron chi connectivity index (χ2n) is 4.83. The smallest absolute Gasteiger partial charge is 0.233 e. The van der Waals surface area contributed by atoms with Crippen molar-refractivity contribution in [2.24, 2.45) is 0 Å². The maximum Gasteiger partial charge on any atom is 0.233 e. The van der Waals surface area contributed by atoms with E-state index in [9.17, 15) is 0 Å². The van der Waals surface area contributed by atoms with Gasteiger partial charge in [0.25, 0.3) is 0 Å². The summed E-state index contributed by atoms with van der Waals surface area (Å²) in [6.45, 7) is 0.393. The van der Waals surface area contributed by atoms with Crippen LogP contribution >= 0.6 is 11.6 Å². The molecule has 0 aliphatic rings. The molecule has 5 nitrogen and oxygen atoms in total. The van der Waals surface area contributed by atoms with Crippen molar-refractivity contribution in [3.05, 3.63) is 71.4 Å². The molecule has 0 saturated carbocycles. The van der Waals surface area contributed by atoms with Crippen LogP contribution in [0.25, 0.3) is 5.69 Å². The van der Waals surface area contributed by atoms with Gasteiger partial charge in [-0.2, -0.15) is 0 Å². The molecular formula is C17H16ClN3O2. The van der Waals surface area contributed by atoms with Crippen LogP contribution in [0.4, 0.5) is 5.69 Å². The average molecular weight is 330 g/mol. The van der Waals surface area contributed by atoms with Crippen molar-refractivity contribution >= 4 is 17.3 Å². The summed E-state index contributed by atoms with van der Waals surface area (Å²) in [7, 11) is 1.57. The lowest BCUT2D eigenvalue weighted by Gasteiger charge is -2.10. The van der Waals surface area contributed by atoms with Crippen LogP contribution < -0.4 is 10.2 Å². The molecule has 0 fully saturated rings. The van der Waals surface area contributed by atoms with E-state index >= 15 is 0 Å². The average Bonchev–Trinajstić information content (AvgIpc) is 3.04. The molecule has 0 atom stereocenters. The standard InChI is InChI=1S/C17H16ClN3O2/c1-22-20-16-5-3-2-4-13(16)12-23-17-10-11-21(19-17)15-8-6-14(18)7-9-15/h2-11,20H,12H2,1H3. The Morgan fingerprint density at radius 3 is 2.65 bits per heavy atom. The number of nitrogens with one attached hydrogen (secondary N) is 1. The Labute approximate surface area is 139 Å². The predicted molar refractivity (Wildman–Crippen MR) is 90.0 cm³/mol. The molecule has 0 amide bonds. The summed E-state index contributed by atoms with van der Waals surface area (Å²) in [6, 6.07) is 17.0. The van der Waals surface area contributed by atoms with Gasteiger partial charge in [-0.3, -0.25) is 10.3 Å². The van der Waals surface area contributed by atoms with Crippen molar-refractivity contribution in [2.75, 3.05) is 12.6 Å². The number of ether oxygens (including phenoxy) is 1. The van der Waals surface area contributed by atoms with Crippen LogP contribution in [0.1, 0.15) is 5.56 Å².